The van der Waals surface area contributed by atoms with Crippen LogP contribution in [0.25, 0.3) is 0 Å². The van der Waals surface area contributed by atoms with Crippen LogP contribution in [-0.2, 0) is 16.0 Å². The van der Waals surface area contributed by atoms with Gasteiger partial charge in [-0.3, -0.25) is 4.79 Å². The number of hydrogen-bond donors (Lipinski definition) is 2. The molecule has 0 spiro atoms. The van der Waals surface area contributed by atoms with Crippen molar-refractivity contribution in [1.82, 2.24) is 5.32 Å². The number of carbonyl (C=O) groups is 1. The topological polar surface area (TPSA) is 50.4 Å². The Labute approximate surface area is 113 Å². The van der Waals surface area contributed by atoms with Crippen LogP contribution < -0.4 is 10.6 Å². The van der Waals surface area contributed by atoms with Gasteiger partial charge in [0.15, 0.2) is 0 Å². The van der Waals surface area contributed by atoms with Crippen molar-refractivity contribution in [3.05, 3.63) is 29.8 Å². The number of para-hydroxylation sites is 1. The quantitative estimate of drug-likeness (QED) is 0.870. The summed E-state index contributed by atoms with van der Waals surface area (Å²) in [7, 11) is 0. The first-order valence-corrected chi connectivity index (χ1v) is 6.92. The zero-order chi connectivity index (χ0) is 13.3. The predicted molar refractivity (Wildman–Crippen MR) is 74.2 cm³/mol. The average Bonchev–Trinajstić information content (AvgIpc) is 3.02. The highest BCUT2D eigenvalue weighted by Crippen LogP contribution is 2.26. The molecule has 102 valence electrons. The molecular formula is C15H20N2O2. The van der Waals surface area contributed by atoms with Crippen LogP contribution >= 0.6 is 0 Å². The molecule has 0 aliphatic carbocycles. The second kappa shape index (κ2) is 4.85. The molecule has 19 heavy (non-hydrogen) atoms. The van der Waals surface area contributed by atoms with Gasteiger partial charge in [0.25, 0.3) is 0 Å². The van der Waals surface area contributed by atoms with Gasteiger partial charge in [0, 0.05) is 25.3 Å². The molecule has 1 aromatic carbocycles. The Kier molecular flexibility index (Phi) is 3.19. The van der Waals surface area contributed by atoms with Crippen molar-refractivity contribution >= 4 is 11.6 Å². The fourth-order valence-corrected chi connectivity index (χ4v) is 2.83. The van der Waals surface area contributed by atoms with Crippen LogP contribution in [0, 0.1) is 0 Å². The van der Waals surface area contributed by atoms with Crippen molar-refractivity contribution in [1.29, 1.82) is 0 Å². The van der Waals surface area contributed by atoms with Gasteiger partial charge in [0.2, 0.25) is 5.91 Å². The van der Waals surface area contributed by atoms with Crippen molar-refractivity contribution in [2.24, 2.45) is 0 Å². The van der Waals surface area contributed by atoms with Gasteiger partial charge in [0.1, 0.15) is 6.04 Å². The first kappa shape index (κ1) is 12.5. The van der Waals surface area contributed by atoms with Gasteiger partial charge < -0.3 is 15.4 Å². The SMILES string of the molecule is CC1(CNC(=O)[C@@H]2Cc3ccccc3N2)CCCO1. The maximum absolute atomic E-state index is 12.2. The van der Waals surface area contributed by atoms with E-state index in [0.717, 1.165) is 31.6 Å². The highest BCUT2D eigenvalue weighted by atomic mass is 16.5. The molecule has 3 rings (SSSR count). The van der Waals surface area contributed by atoms with Crippen LogP contribution in [0.5, 0.6) is 0 Å². The summed E-state index contributed by atoms with van der Waals surface area (Å²) in [6, 6.07) is 7.93. The minimum Gasteiger partial charge on any atom is -0.373 e. The molecular weight excluding hydrogens is 240 g/mol. The molecule has 0 aromatic heterocycles. The van der Waals surface area contributed by atoms with Crippen molar-refractivity contribution in [2.75, 3.05) is 18.5 Å². The van der Waals surface area contributed by atoms with Gasteiger partial charge in [0.05, 0.1) is 5.60 Å². The Balaban J connectivity index is 1.55. The van der Waals surface area contributed by atoms with Gasteiger partial charge in [-0.15, -0.1) is 0 Å². The number of fused-ring (bicyclic) bond motifs is 1. The molecule has 1 fully saturated rings. The number of nitrogens with one attached hydrogen (secondary N) is 2. The van der Waals surface area contributed by atoms with Crippen LogP contribution in [0.1, 0.15) is 25.3 Å². The van der Waals surface area contributed by atoms with Gasteiger partial charge >= 0.3 is 0 Å². The molecule has 2 aliphatic heterocycles. The van der Waals surface area contributed by atoms with E-state index >= 15 is 0 Å². The lowest BCUT2D eigenvalue weighted by Gasteiger charge is -2.24. The standard InChI is InChI=1S/C15H20N2O2/c1-15(7-4-8-19-15)10-16-14(18)13-9-11-5-2-3-6-12(11)17-13/h2-3,5-6,13,17H,4,7-10H2,1H3,(H,16,18)/t13-,15?/m0/s1. The molecule has 1 saturated heterocycles. The van der Waals surface area contributed by atoms with Crippen molar-refractivity contribution in [2.45, 2.75) is 37.8 Å². The summed E-state index contributed by atoms with van der Waals surface area (Å²) in [6.45, 7) is 3.47. The van der Waals surface area contributed by atoms with E-state index in [1.165, 1.54) is 5.56 Å². The number of amides is 1. The van der Waals surface area contributed by atoms with E-state index in [-0.39, 0.29) is 17.6 Å². The van der Waals surface area contributed by atoms with Crippen LogP contribution in [0.15, 0.2) is 24.3 Å². The van der Waals surface area contributed by atoms with Crippen molar-refractivity contribution in [3.8, 4) is 0 Å². The smallest absolute Gasteiger partial charge is 0.242 e. The molecule has 4 heteroatoms. The van der Waals surface area contributed by atoms with E-state index in [1.54, 1.807) is 0 Å². The maximum atomic E-state index is 12.2. The monoisotopic (exact) mass is 260 g/mol. The average molecular weight is 260 g/mol. The van der Waals surface area contributed by atoms with Crippen LogP contribution in [-0.4, -0.2) is 30.7 Å². The van der Waals surface area contributed by atoms with E-state index < -0.39 is 0 Å². The molecule has 0 saturated carbocycles. The molecule has 2 aliphatic rings. The zero-order valence-electron chi connectivity index (χ0n) is 11.2. The summed E-state index contributed by atoms with van der Waals surface area (Å²) >= 11 is 0. The molecule has 0 bridgehead atoms. The number of benzene rings is 1. The largest absolute Gasteiger partial charge is 0.373 e. The van der Waals surface area contributed by atoms with E-state index in [4.69, 9.17) is 4.74 Å². The van der Waals surface area contributed by atoms with E-state index in [9.17, 15) is 4.79 Å². The number of carbonyl (C=O) groups excluding carboxylic acids is 1. The van der Waals surface area contributed by atoms with Gasteiger partial charge in [-0.25, -0.2) is 0 Å². The molecule has 1 amide bonds. The number of hydrogen-bond acceptors (Lipinski definition) is 3. The third-order valence-corrected chi connectivity index (χ3v) is 4.02. The molecule has 1 aromatic rings. The first-order chi connectivity index (χ1) is 9.16. The lowest BCUT2D eigenvalue weighted by Crippen LogP contribution is -2.45. The Morgan fingerprint density at radius 3 is 3.11 bits per heavy atom. The Morgan fingerprint density at radius 1 is 1.53 bits per heavy atom. The highest BCUT2D eigenvalue weighted by Gasteiger charge is 2.32. The Morgan fingerprint density at radius 2 is 2.37 bits per heavy atom. The fraction of sp³-hybridized carbons (Fsp3) is 0.533. The third kappa shape index (κ3) is 2.59. The number of ether oxygens (including phenoxy) is 1. The first-order valence-electron chi connectivity index (χ1n) is 6.92. The summed E-state index contributed by atoms with van der Waals surface area (Å²) in [5.74, 6) is 0.0629. The van der Waals surface area contributed by atoms with E-state index in [1.807, 2.05) is 18.2 Å². The summed E-state index contributed by atoms with van der Waals surface area (Å²) in [5, 5.41) is 6.28. The van der Waals surface area contributed by atoms with Crippen molar-refractivity contribution in [3.63, 3.8) is 0 Å². The lowest BCUT2D eigenvalue weighted by molar-refractivity contribution is -0.123. The third-order valence-electron chi connectivity index (χ3n) is 4.02. The second-order valence-electron chi connectivity index (χ2n) is 5.68. The zero-order valence-corrected chi connectivity index (χ0v) is 11.2. The molecule has 1 unspecified atom stereocenters. The van der Waals surface area contributed by atoms with E-state index in [2.05, 4.69) is 23.6 Å². The van der Waals surface area contributed by atoms with Crippen LogP contribution in [0.4, 0.5) is 5.69 Å². The molecule has 4 nitrogen and oxygen atoms in total. The van der Waals surface area contributed by atoms with Crippen LogP contribution in [0.3, 0.4) is 0 Å². The summed E-state index contributed by atoms with van der Waals surface area (Å²) < 4.78 is 5.68. The molecule has 2 atom stereocenters. The summed E-state index contributed by atoms with van der Waals surface area (Å²) in [5.41, 5.74) is 2.11. The summed E-state index contributed by atoms with van der Waals surface area (Å²) in [4.78, 5) is 12.2. The van der Waals surface area contributed by atoms with Crippen LogP contribution in [0.2, 0.25) is 0 Å². The lowest BCUT2D eigenvalue weighted by atomic mass is 10.0. The highest BCUT2D eigenvalue weighted by molar-refractivity contribution is 5.87. The summed E-state index contributed by atoms with van der Waals surface area (Å²) in [6.07, 6.45) is 2.87. The number of anilines is 1. The predicted octanol–water partition coefficient (Wildman–Crippen LogP) is 1.71. The number of rotatable bonds is 3. The van der Waals surface area contributed by atoms with Crippen molar-refractivity contribution < 1.29 is 9.53 Å². The second-order valence-corrected chi connectivity index (χ2v) is 5.68. The molecule has 2 heterocycles. The van der Waals surface area contributed by atoms with Gasteiger partial charge in [-0.1, -0.05) is 18.2 Å². The normalized spacial score (nSPS) is 28.8. The Bertz CT molecular complexity index is 456. The van der Waals surface area contributed by atoms with Gasteiger partial charge in [-0.05, 0) is 31.4 Å². The molecule has 2 N–H and O–H groups in total. The molecule has 0 radical (unpaired) electrons. The maximum Gasteiger partial charge on any atom is 0.242 e. The fourth-order valence-electron chi connectivity index (χ4n) is 2.83. The van der Waals surface area contributed by atoms with E-state index in [0.29, 0.717) is 6.54 Å². The minimum absolute atomic E-state index is 0.0629. The van der Waals surface area contributed by atoms with Gasteiger partial charge in [-0.2, -0.15) is 0 Å². The minimum atomic E-state index is -0.179. The Hall–Kier alpha value is -1.55.